The van der Waals surface area contributed by atoms with Crippen LogP contribution < -0.4 is 5.32 Å². The number of anilines is 1. The Kier molecular flexibility index (Phi) is 4.34. The third kappa shape index (κ3) is 3.31. The molecule has 3 aromatic rings. The van der Waals surface area contributed by atoms with Gasteiger partial charge < -0.3 is 9.84 Å². The zero-order chi connectivity index (χ0) is 16.9. The summed E-state index contributed by atoms with van der Waals surface area (Å²) in [6, 6.07) is 15.7. The first kappa shape index (κ1) is 15.4. The Morgan fingerprint density at radius 3 is 2.71 bits per heavy atom. The van der Waals surface area contributed by atoms with Crippen LogP contribution in [0, 0.1) is 11.3 Å². The lowest BCUT2D eigenvalue weighted by atomic mass is 10.1. The maximum Gasteiger partial charge on any atom is 0.255 e. The van der Waals surface area contributed by atoms with Crippen molar-refractivity contribution in [1.82, 2.24) is 10.1 Å². The summed E-state index contributed by atoms with van der Waals surface area (Å²) in [6.07, 6.45) is 0.676. The van der Waals surface area contributed by atoms with Gasteiger partial charge in [0.1, 0.15) is 0 Å². The number of hydrogen-bond acceptors (Lipinski definition) is 5. The molecule has 0 bridgehead atoms. The molecule has 118 valence electrons. The van der Waals surface area contributed by atoms with Crippen molar-refractivity contribution >= 4 is 11.6 Å². The van der Waals surface area contributed by atoms with Gasteiger partial charge in [-0.05, 0) is 30.3 Å². The molecule has 1 amide bonds. The molecular formula is C18H14N4O2. The van der Waals surface area contributed by atoms with Crippen LogP contribution >= 0.6 is 0 Å². The quantitative estimate of drug-likeness (QED) is 0.795. The second-order valence-corrected chi connectivity index (χ2v) is 5.09. The average molecular weight is 318 g/mol. The van der Waals surface area contributed by atoms with E-state index in [9.17, 15) is 4.79 Å². The number of aryl methyl sites for hydroxylation is 1. The van der Waals surface area contributed by atoms with Gasteiger partial charge in [0.2, 0.25) is 11.7 Å². The van der Waals surface area contributed by atoms with Crippen LogP contribution in [-0.4, -0.2) is 16.0 Å². The van der Waals surface area contributed by atoms with Crippen LogP contribution in [0.25, 0.3) is 11.4 Å². The van der Waals surface area contributed by atoms with Gasteiger partial charge in [0.25, 0.3) is 5.91 Å². The van der Waals surface area contributed by atoms with E-state index in [1.54, 1.807) is 48.5 Å². The van der Waals surface area contributed by atoms with Crippen molar-refractivity contribution < 1.29 is 9.32 Å². The summed E-state index contributed by atoms with van der Waals surface area (Å²) < 4.78 is 5.08. The van der Waals surface area contributed by atoms with Crippen LogP contribution in [0.4, 0.5) is 5.69 Å². The largest absolute Gasteiger partial charge is 0.339 e. The number of carbonyl (C=O) groups excluding carboxylic acids is 1. The van der Waals surface area contributed by atoms with Gasteiger partial charge in [-0.15, -0.1) is 0 Å². The van der Waals surface area contributed by atoms with Crippen LogP contribution in [0.3, 0.4) is 0 Å². The third-order valence-electron chi connectivity index (χ3n) is 3.43. The van der Waals surface area contributed by atoms with Crippen molar-refractivity contribution in [3.05, 3.63) is 65.5 Å². The number of hydrogen-bond donors (Lipinski definition) is 1. The lowest BCUT2D eigenvalue weighted by Gasteiger charge is -2.05. The molecule has 1 aromatic heterocycles. The van der Waals surface area contributed by atoms with Crippen molar-refractivity contribution in [1.29, 1.82) is 5.26 Å². The highest BCUT2D eigenvalue weighted by molar-refractivity contribution is 6.04. The zero-order valence-electron chi connectivity index (χ0n) is 13.0. The van der Waals surface area contributed by atoms with Crippen molar-refractivity contribution in [2.75, 3.05) is 5.32 Å². The highest BCUT2D eigenvalue weighted by Crippen LogP contribution is 2.18. The number of nitrogens with one attached hydrogen (secondary N) is 1. The Morgan fingerprint density at radius 1 is 1.25 bits per heavy atom. The lowest BCUT2D eigenvalue weighted by molar-refractivity contribution is 0.102. The summed E-state index contributed by atoms with van der Waals surface area (Å²) in [5, 5.41) is 15.6. The first-order valence-electron chi connectivity index (χ1n) is 7.44. The molecule has 0 saturated heterocycles. The number of aromatic nitrogens is 2. The van der Waals surface area contributed by atoms with E-state index in [2.05, 4.69) is 15.5 Å². The van der Waals surface area contributed by atoms with Gasteiger partial charge >= 0.3 is 0 Å². The van der Waals surface area contributed by atoms with Gasteiger partial charge in [-0.25, -0.2) is 0 Å². The number of amides is 1. The van der Waals surface area contributed by atoms with Gasteiger partial charge in [0, 0.05) is 23.2 Å². The normalized spacial score (nSPS) is 10.2. The molecule has 6 heteroatoms. The fourth-order valence-electron chi connectivity index (χ4n) is 2.16. The topological polar surface area (TPSA) is 91.8 Å². The molecule has 6 nitrogen and oxygen atoms in total. The summed E-state index contributed by atoms with van der Waals surface area (Å²) in [5.74, 6) is 0.823. The Morgan fingerprint density at radius 2 is 2.04 bits per heavy atom. The summed E-state index contributed by atoms with van der Waals surface area (Å²) in [5.41, 5.74) is 2.35. The number of nitrogens with zero attached hydrogens (tertiary/aromatic N) is 3. The highest BCUT2D eigenvalue weighted by atomic mass is 16.5. The van der Waals surface area contributed by atoms with Crippen LogP contribution in [0.15, 0.2) is 53.1 Å². The van der Waals surface area contributed by atoms with Gasteiger partial charge in [-0.3, -0.25) is 4.79 Å². The molecule has 0 atom stereocenters. The van der Waals surface area contributed by atoms with Crippen molar-refractivity contribution in [3.63, 3.8) is 0 Å². The van der Waals surface area contributed by atoms with E-state index >= 15 is 0 Å². The van der Waals surface area contributed by atoms with Gasteiger partial charge in [-0.1, -0.05) is 30.3 Å². The summed E-state index contributed by atoms with van der Waals surface area (Å²) >= 11 is 0. The van der Waals surface area contributed by atoms with E-state index in [1.807, 2.05) is 13.0 Å². The maximum atomic E-state index is 12.3. The molecule has 0 aliphatic heterocycles. The molecule has 0 aliphatic carbocycles. The third-order valence-corrected chi connectivity index (χ3v) is 3.43. The molecule has 3 rings (SSSR count). The number of nitriles is 1. The van der Waals surface area contributed by atoms with Gasteiger partial charge in [-0.2, -0.15) is 10.2 Å². The molecular weight excluding hydrogens is 304 g/mol. The summed E-state index contributed by atoms with van der Waals surface area (Å²) in [7, 11) is 0. The molecule has 0 unspecified atom stereocenters. The van der Waals surface area contributed by atoms with E-state index in [-0.39, 0.29) is 5.91 Å². The molecule has 0 aliphatic rings. The van der Waals surface area contributed by atoms with Gasteiger partial charge in [0.15, 0.2) is 0 Å². The predicted molar refractivity (Wildman–Crippen MR) is 88.2 cm³/mol. The lowest BCUT2D eigenvalue weighted by Crippen LogP contribution is -2.11. The van der Waals surface area contributed by atoms with Crippen molar-refractivity contribution in [2.45, 2.75) is 13.3 Å². The number of carbonyl (C=O) groups is 1. The van der Waals surface area contributed by atoms with Crippen LogP contribution in [0.5, 0.6) is 0 Å². The first-order valence-corrected chi connectivity index (χ1v) is 7.44. The minimum absolute atomic E-state index is 0.251. The fraction of sp³-hybridized carbons (Fsp3) is 0.111. The monoisotopic (exact) mass is 318 g/mol. The second-order valence-electron chi connectivity index (χ2n) is 5.09. The smallest absolute Gasteiger partial charge is 0.255 e. The number of rotatable bonds is 4. The molecule has 0 spiro atoms. The van der Waals surface area contributed by atoms with Crippen molar-refractivity contribution in [3.8, 4) is 17.5 Å². The standard InChI is InChI=1S/C18H14N4O2/c1-2-16-21-17(22-24-16)13-6-8-14(9-7-13)18(23)20-15-5-3-4-12(10-15)11-19/h3-10H,2H2,1H3,(H,20,23). The Labute approximate surface area is 138 Å². The SMILES string of the molecule is CCc1nc(-c2ccc(C(=O)Nc3cccc(C#N)c3)cc2)no1. The minimum atomic E-state index is -0.251. The van der Waals surface area contributed by atoms with Gasteiger partial charge in [0.05, 0.1) is 11.6 Å². The van der Waals surface area contributed by atoms with E-state index in [1.165, 1.54) is 0 Å². The van der Waals surface area contributed by atoms with E-state index in [4.69, 9.17) is 9.78 Å². The van der Waals surface area contributed by atoms with E-state index in [0.717, 1.165) is 5.56 Å². The first-order chi connectivity index (χ1) is 11.7. The van der Waals surface area contributed by atoms with Crippen LogP contribution in [0.1, 0.15) is 28.7 Å². The molecule has 1 heterocycles. The van der Waals surface area contributed by atoms with Crippen molar-refractivity contribution in [2.24, 2.45) is 0 Å². The fourth-order valence-corrected chi connectivity index (χ4v) is 2.16. The Hall–Kier alpha value is -3.46. The molecule has 0 fully saturated rings. The number of benzene rings is 2. The summed E-state index contributed by atoms with van der Waals surface area (Å²) in [4.78, 5) is 16.5. The molecule has 1 N–H and O–H groups in total. The molecule has 0 saturated carbocycles. The van der Waals surface area contributed by atoms with E-state index < -0.39 is 0 Å². The Bertz CT molecular complexity index is 907. The minimum Gasteiger partial charge on any atom is -0.339 e. The summed E-state index contributed by atoms with van der Waals surface area (Å²) in [6.45, 7) is 1.94. The molecule has 0 radical (unpaired) electrons. The average Bonchev–Trinajstić information content (AvgIpc) is 3.11. The predicted octanol–water partition coefficient (Wildman–Crippen LogP) is 3.42. The van der Waals surface area contributed by atoms with Crippen LogP contribution in [-0.2, 0) is 6.42 Å². The van der Waals surface area contributed by atoms with Crippen LogP contribution in [0.2, 0.25) is 0 Å². The molecule has 2 aromatic carbocycles. The Balaban J connectivity index is 1.75. The molecule has 24 heavy (non-hydrogen) atoms. The zero-order valence-corrected chi connectivity index (χ0v) is 13.0. The maximum absolute atomic E-state index is 12.3. The highest BCUT2D eigenvalue weighted by Gasteiger charge is 2.10. The second kappa shape index (κ2) is 6.75. The van der Waals surface area contributed by atoms with E-state index in [0.29, 0.717) is 35.0 Å².